The molecule has 4 aromatic carbocycles. The number of hydrogen-bond acceptors (Lipinski definition) is 2. The Hall–Kier alpha value is -2.66. The van der Waals surface area contributed by atoms with E-state index in [4.69, 9.17) is 0 Å². The third kappa shape index (κ3) is 4.88. The Labute approximate surface area is 191 Å². The normalized spacial score (nSPS) is 11.9. The molecule has 0 aliphatic heterocycles. The van der Waals surface area contributed by atoms with Crippen LogP contribution in [0.3, 0.4) is 0 Å². The summed E-state index contributed by atoms with van der Waals surface area (Å²) in [6.45, 7) is 0. The van der Waals surface area contributed by atoms with Gasteiger partial charge in [-0.05, 0) is 12.8 Å². The molecule has 0 aromatic heterocycles. The number of benzene rings is 4. The summed E-state index contributed by atoms with van der Waals surface area (Å²) in [6.07, 6.45) is 2.66. The van der Waals surface area contributed by atoms with E-state index in [2.05, 4.69) is 0 Å². The third-order valence-electron chi connectivity index (χ3n) is 5.89. The molecular formula is C28H28O2P2. The summed E-state index contributed by atoms with van der Waals surface area (Å²) in [6, 6.07) is 39.1. The topological polar surface area (TPSA) is 34.1 Å². The lowest BCUT2D eigenvalue weighted by Crippen LogP contribution is -2.20. The highest BCUT2D eigenvalue weighted by Gasteiger charge is 2.29. The standard InChI is InChI=1S/C28H28O2P2/c29-31(25-15-5-1-6-16-25,26-17-7-2-8-18-26)23-13-14-24-32(30,27-19-9-3-10-20-27)28-21-11-4-12-22-28/h1-12,15-22H,13-14,23-24H2. The molecule has 0 aliphatic carbocycles. The van der Waals surface area contributed by atoms with Crippen molar-refractivity contribution >= 4 is 35.5 Å². The molecule has 0 aliphatic rings. The minimum Gasteiger partial charge on any atom is -0.314 e. The van der Waals surface area contributed by atoms with Crippen LogP contribution in [0.15, 0.2) is 121 Å². The zero-order valence-electron chi connectivity index (χ0n) is 18.1. The first-order chi connectivity index (χ1) is 15.6. The van der Waals surface area contributed by atoms with Gasteiger partial charge in [0.2, 0.25) is 0 Å². The Morgan fingerprint density at radius 2 is 0.594 bits per heavy atom. The molecule has 0 N–H and O–H groups in total. The maximum Gasteiger partial charge on any atom is 0.143 e. The fourth-order valence-corrected chi connectivity index (χ4v) is 9.74. The first kappa shape index (κ1) is 22.5. The quantitative estimate of drug-likeness (QED) is 0.235. The van der Waals surface area contributed by atoms with Crippen molar-refractivity contribution in [3.63, 3.8) is 0 Å². The Kier molecular flexibility index (Phi) is 7.26. The summed E-state index contributed by atoms with van der Waals surface area (Å²) in [5.41, 5.74) is 0. The molecule has 4 rings (SSSR count). The van der Waals surface area contributed by atoms with Gasteiger partial charge in [0.1, 0.15) is 14.3 Å². The number of hydrogen-bond donors (Lipinski definition) is 0. The SMILES string of the molecule is O=P(CCCCP(=O)(c1ccccc1)c1ccccc1)(c1ccccc1)c1ccccc1. The predicted molar refractivity (Wildman–Crippen MR) is 138 cm³/mol. The predicted octanol–water partition coefficient (Wildman–Crippen LogP) is 5.79. The Balaban J connectivity index is 1.55. The molecule has 0 bridgehead atoms. The molecule has 0 saturated carbocycles. The van der Waals surface area contributed by atoms with Crippen molar-refractivity contribution in [2.75, 3.05) is 12.3 Å². The number of unbranched alkanes of at least 4 members (excludes halogenated alkanes) is 1. The van der Waals surface area contributed by atoms with Gasteiger partial charge in [-0.1, -0.05) is 121 Å². The molecular weight excluding hydrogens is 430 g/mol. The van der Waals surface area contributed by atoms with Crippen LogP contribution >= 0.6 is 14.3 Å². The van der Waals surface area contributed by atoms with E-state index in [1.165, 1.54) is 0 Å². The van der Waals surface area contributed by atoms with Crippen LogP contribution in [0.4, 0.5) is 0 Å². The summed E-state index contributed by atoms with van der Waals surface area (Å²) in [5.74, 6) is 0. The lowest BCUT2D eigenvalue weighted by Gasteiger charge is -2.22. The lowest BCUT2D eigenvalue weighted by atomic mass is 10.4. The Bertz CT molecular complexity index is 1020. The van der Waals surface area contributed by atoms with Gasteiger partial charge in [-0.25, -0.2) is 0 Å². The van der Waals surface area contributed by atoms with Crippen molar-refractivity contribution in [3.05, 3.63) is 121 Å². The van der Waals surface area contributed by atoms with E-state index in [1.54, 1.807) is 0 Å². The molecule has 0 radical (unpaired) electrons. The zero-order chi connectivity index (χ0) is 22.3. The maximum atomic E-state index is 14.2. The van der Waals surface area contributed by atoms with Crippen LogP contribution < -0.4 is 21.2 Å². The van der Waals surface area contributed by atoms with Crippen molar-refractivity contribution in [1.29, 1.82) is 0 Å². The van der Waals surface area contributed by atoms with Gasteiger partial charge in [-0.15, -0.1) is 0 Å². The first-order valence-corrected chi connectivity index (χ1v) is 14.8. The van der Waals surface area contributed by atoms with Gasteiger partial charge in [0.15, 0.2) is 0 Å². The van der Waals surface area contributed by atoms with E-state index in [0.29, 0.717) is 12.3 Å². The van der Waals surface area contributed by atoms with E-state index >= 15 is 0 Å². The van der Waals surface area contributed by atoms with Crippen LogP contribution in [0.25, 0.3) is 0 Å². The Morgan fingerprint density at radius 3 is 0.812 bits per heavy atom. The highest BCUT2D eigenvalue weighted by Crippen LogP contribution is 2.47. The maximum absolute atomic E-state index is 14.2. The van der Waals surface area contributed by atoms with Gasteiger partial charge in [-0.3, -0.25) is 0 Å². The van der Waals surface area contributed by atoms with Crippen LogP contribution in [-0.2, 0) is 9.13 Å². The van der Waals surface area contributed by atoms with E-state index in [0.717, 1.165) is 34.1 Å². The van der Waals surface area contributed by atoms with Crippen molar-refractivity contribution in [2.45, 2.75) is 12.8 Å². The monoisotopic (exact) mass is 458 g/mol. The molecule has 0 fully saturated rings. The van der Waals surface area contributed by atoms with Crippen LogP contribution in [0.5, 0.6) is 0 Å². The second-order valence-electron chi connectivity index (χ2n) is 7.98. The molecule has 0 saturated heterocycles. The summed E-state index contributed by atoms with van der Waals surface area (Å²) < 4.78 is 28.4. The van der Waals surface area contributed by atoms with Gasteiger partial charge < -0.3 is 9.13 Å². The second kappa shape index (κ2) is 10.3. The summed E-state index contributed by atoms with van der Waals surface area (Å²) >= 11 is 0. The van der Waals surface area contributed by atoms with Crippen molar-refractivity contribution in [1.82, 2.24) is 0 Å². The van der Waals surface area contributed by atoms with Crippen LogP contribution in [0.1, 0.15) is 12.8 Å². The first-order valence-electron chi connectivity index (χ1n) is 11.0. The van der Waals surface area contributed by atoms with Crippen molar-refractivity contribution in [2.24, 2.45) is 0 Å². The number of rotatable bonds is 9. The van der Waals surface area contributed by atoms with Gasteiger partial charge >= 0.3 is 0 Å². The fourth-order valence-electron chi connectivity index (χ4n) is 4.16. The fraction of sp³-hybridized carbons (Fsp3) is 0.143. The van der Waals surface area contributed by atoms with Crippen LogP contribution in [0.2, 0.25) is 0 Å². The van der Waals surface area contributed by atoms with Gasteiger partial charge in [0.25, 0.3) is 0 Å². The van der Waals surface area contributed by atoms with Gasteiger partial charge in [0, 0.05) is 33.5 Å². The minimum absolute atomic E-state index is 0.574. The molecule has 4 aromatic rings. The molecule has 4 heteroatoms. The molecule has 0 spiro atoms. The highest BCUT2D eigenvalue weighted by molar-refractivity contribution is 7.79. The van der Waals surface area contributed by atoms with E-state index < -0.39 is 14.3 Å². The molecule has 0 heterocycles. The molecule has 0 amide bonds. The van der Waals surface area contributed by atoms with E-state index in [1.807, 2.05) is 121 Å². The van der Waals surface area contributed by atoms with Gasteiger partial charge in [-0.2, -0.15) is 0 Å². The van der Waals surface area contributed by atoms with Gasteiger partial charge in [0.05, 0.1) is 0 Å². The largest absolute Gasteiger partial charge is 0.314 e. The summed E-state index contributed by atoms with van der Waals surface area (Å²) in [7, 11) is -5.48. The molecule has 0 atom stereocenters. The van der Waals surface area contributed by atoms with Crippen LogP contribution in [0, 0.1) is 0 Å². The average Bonchev–Trinajstić information content (AvgIpc) is 2.88. The van der Waals surface area contributed by atoms with E-state index in [-0.39, 0.29) is 0 Å². The molecule has 162 valence electrons. The molecule has 0 unspecified atom stereocenters. The zero-order valence-corrected chi connectivity index (χ0v) is 19.9. The minimum atomic E-state index is -2.74. The van der Waals surface area contributed by atoms with Crippen LogP contribution in [-0.4, -0.2) is 12.3 Å². The Morgan fingerprint density at radius 1 is 0.375 bits per heavy atom. The second-order valence-corrected chi connectivity index (χ2v) is 13.9. The summed E-state index contributed by atoms with van der Waals surface area (Å²) in [5, 5.41) is 3.56. The molecule has 2 nitrogen and oxygen atoms in total. The van der Waals surface area contributed by atoms with E-state index in [9.17, 15) is 9.13 Å². The van der Waals surface area contributed by atoms with Crippen molar-refractivity contribution in [3.8, 4) is 0 Å². The third-order valence-corrected chi connectivity index (χ3v) is 12.3. The average molecular weight is 458 g/mol. The highest BCUT2D eigenvalue weighted by atomic mass is 31.2. The van der Waals surface area contributed by atoms with Crippen molar-refractivity contribution < 1.29 is 9.13 Å². The smallest absolute Gasteiger partial charge is 0.143 e. The molecule has 32 heavy (non-hydrogen) atoms. The summed E-state index contributed by atoms with van der Waals surface area (Å²) in [4.78, 5) is 0. The lowest BCUT2D eigenvalue weighted by molar-refractivity contribution is 0.580.